The molecule has 0 radical (unpaired) electrons. The Morgan fingerprint density at radius 2 is 2.00 bits per heavy atom. The molecule has 0 aliphatic rings. The summed E-state index contributed by atoms with van der Waals surface area (Å²) < 4.78 is 6.38. The van der Waals surface area contributed by atoms with Crippen LogP contribution in [0.3, 0.4) is 0 Å². The molecule has 0 aliphatic heterocycles. The van der Waals surface area contributed by atoms with Gasteiger partial charge in [-0.1, -0.05) is 22.0 Å². The quantitative estimate of drug-likeness (QED) is 0.896. The van der Waals surface area contributed by atoms with E-state index in [2.05, 4.69) is 57.5 Å². The first kappa shape index (κ1) is 14.9. The van der Waals surface area contributed by atoms with Crippen LogP contribution in [0.5, 0.6) is 5.75 Å². The maximum atomic E-state index is 5.29. The number of ether oxygens (including phenoxy) is 1. The van der Waals surface area contributed by atoms with E-state index >= 15 is 0 Å². The van der Waals surface area contributed by atoms with Crippen LogP contribution in [-0.4, -0.2) is 21.2 Å². The summed E-state index contributed by atoms with van der Waals surface area (Å²) in [6, 6.07) is 14.4. The third-order valence-electron chi connectivity index (χ3n) is 3.21. The van der Waals surface area contributed by atoms with Gasteiger partial charge >= 0.3 is 0 Å². The van der Waals surface area contributed by atoms with Crippen molar-refractivity contribution < 1.29 is 4.74 Å². The fourth-order valence-electron chi connectivity index (χ4n) is 2.17. The van der Waals surface area contributed by atoms with Crippen molar-refractivity contribution in [1.82, 2.24) is 5.32 Å². The molecular weight excluding hydrogens is 316 g/mol. The van der Waals surface area contributed by atoms with Crippen LogP contribution in [0.15, 0.2) is 46.9 Å². The predicted octanol–water partition coefficient (Wildman–Crippen LogP) is 3.95. The molecule has 0 fully saturated rings. The number of hydrogen-bond donors (Lipinski definition) is 1. The van der Waals surface area contributed by atoms with E-state index in [1.54, 1.807) is 7.11 Å². The largest absolute Gasteiger partial charge is 0.497 e. The lowest BCUT2D eigenvalue weighted by Gasteiger charge is -2.23. The lowest BCUT2D eigenvalue weighted by molar-refractivity contribution is 0.415. The molecular formula is C16H19BrN2O. The molecule has 2 aromatic carbocycles. The first-order valence-corrected chi connectivity index (χ1v) is 7.26. The molecule has 0 aliphatic carbocycles. The van der Waals surface area contributed by atoms with Gasteiger partial charge in [-0.2, -0.15) is 0 Å². The van der Waals surface area contributed by atoms with Crippen LogP contribution < -0.4 is 15.0 Å². The zero-order valence-electron chi connectivity index (χ0n) is 12.0. The van der Waals surface area contributed by atoms with Crippen LogP contribution in [0.4, 0.5) is 11.4 Å². The molecule has 3 nitrogen and oxygen atoms in total. The fourth-order valence-corrected chi connectivity index (χ4v) is 2.58. The van der Waals surface area contributed by atoms with E-state index in [1.807, 2.05) is 25.2 Å². The molecule has 0 heterocycles. The summed E-state index contributed by atoms with van der Waals surface area (Å²) in [5.74, 6) is 0.863. The standard InChI is InChI=1S/C16H19BrN2O/c1-18-11-12-9-13(17)7-8-16(12)19(2)14-5-4-6-15(10-14)20-3/h4-10,18H,11H2,1-3H3. The number of hydrogen-bond acceptors (Lipinski definition) is 3. The summed E-state index contributed by atoms with van der Waals surface area (Å²) in [6.45, 7) is 0.823. The van der Waals surface area contributed by atoms with E-state index in [4.69, 9.17) is 4.74 Å². The van der Waals surface area contributed by atoms with E-state index in [0.717, 1.165) is 22.5 Å². The first-order chi connectivity index (χ1) is 9.65. The Hall–Kier alpha value is -1.52. The van der Waals surface area contributed by atoms with Crippen molar-refractivity contribution in [3.05, 3.63) is 52.5 Å². The Bertz CT molecular complexity index is 586. The van der Waals surface area contributed by atoms with Crippen LogP contribution in [0.1, 0.15) is 5.56 Å². The number of halogens is 1. The van der Waals surface area contributed by atoms with Gasteiger partial charge in [0.05, 0.1) is 7.11 Å². The number of nitrogens with one attached hydrogen (secondary N) is 1. The van der Waals surface area contributed by atoms with E-state index in [0.29, 0.717) is 0 Å². The van der Waals surface area contributed by atoms with Crippen molar-refractivity contribution in [2.75, 3.05) is 26.1 Å². The molecule has 20 heavy (non-hydrogen) atoms. The van der Waals surface area contributed by atoms with Crippen LogP contribution in [0.2, 0.25) is 0 Å². The van der Waals surface area contributed by atoms with Gasteiger partial charge in [0, 0.05) is 35.5 Å². The van der Waals surface area contributed by atoms with Crippen molar-refractivity contribution in [3.8, 4) is 5.75 Å². The summed E-state index contributed by atoms with van der Waals surface area (Å²) in [6.07, 6.45) is 0. The third kappa shape index (κ3) is 3.32. The number of benzene rings is 2. The number of anilines is 2. The van der Waals surface area contributed by atoms with Gasteiger partial charge in [0.15, 0.2) is 0 Å². The Labute approximate surface area is 128 Å². The van der Waals surface area contributed by atoms with Crippen molar-refractivity contribution in [1.29, 1.82) is 0 Å². The van der Waals surface area contributed by atoms with Crippen LogP contribution in [0, 0.1) is 0 Å². The number of nitrogens with zero attached hydrogens (tertiary/aromatic N) is 1. The second kappa shape index (κ2) is 6.77. The van der Waals surface area contributed by atoms with Gasteiger partial charge in [0.1, 0.15) is 5.75 Å². The normalized spacial score (nSPS) is 10.4. The molecule has 0 aromatic heterocycles. The van der Waals surface area contributed by atoms with E-state index < -0.39 is 0 Å². The molecule has 0 amide bonds. The van der Waals surface area contributed by atoms with Crippen molar-refractivity contribution in [2.45, 2.75) is 6.54 Å². The summed E-state index contributed by atoms with van der Waals surface area (Å²) in [5.41, 5.74) is 3.52. The van der Waals surface area contributed by atoms with Crippen LogP contribution in [0.25, 0.3) is 0 Å². The molecule has 0 bridgehead atoms. The summed E-state index contributed by atoms with van der Waals surface area (Å²) in [5, 5.41) is 3.21. The monoisotopic (exact) mass is 334 g/mol. The molecule has 1 N–H and O–H groups in total. The Balaban J connectivity index is 2.38. The zero-order chi connectivity index (χ0) is 14.5. The molecule has 0 unspecified atom stereocenters. The molecule has 0 saturated heterocycles. The maximum Gasteiger partial charge on any atom is 0.120 e. The number of methoxy groups -OCH3 is 1. The van der Waals surface area contributed by atoms with Gasteiger partial charge in [-0.15, -0.1) is 0 Å². The Morgan fingerprint density at radius 1 is 1.20 bits per heavy atom. The molecule has 106 valence electrons. The molecule has 4 heteroatoms. The molecule has 2 rings (SSSR count). The first-order valence-electron chi connectivity index (χ1n) is 6.46. The van der Waals surface area contributed by atoms with Crippen LogP contribution >= 0.6 is 15.9 Å². The minimum Gasteiger partial charge on any atom is -0.497 e. The van der Waals surface area contributed by atoms with Gasteiger partial charge in [-0.3, -0.25) is 0 Å². The lowest BCUT2D eigenvalue weighted by atomic mass is 10.1. The fraction of sp³-hybridized carbons (Fsp3) is 0.250. The lowest BCUT2D eigenvalue weighted by Crippen LogP contribution is -2.15. The van der Waals surface area contributed by atoms with Gasteiger partial charge in [0.25, 0.3) is 0 Å². The summed E-state index contributed by atoms with van der Waals surface area (Å²) >= 11 is 3.53. The van der Waals surface area contributed by atoms with Gasteiger partial charge in [-0.05, 0) is 42.9 Å². The Kier molecular flexibility index (Phi) is 5.04. The average molecular weight is 335 g/mol. The zero-order valence-corrected chi connectivity index (χ0v) is 13.6. The van der Waals surface area contributed by atoms with Gasteiger partial charge < -0.3 is 15.0 Å². The minimum atomic E-state index is 0.823. The second-order valence-corrected chi connectivity index (χ2v) is 5.48. The minimum absolute atomic E-state index is 0.823. The summed E-state index contributed by atoms with van der Waals surface area (Å²) in [7, 11) is 5.71. The molecule has 0 spiro atoms. The second-order valence-electron chi connectivity index (χ2n) is 4.56. The van der Waals surface area contributed by atoms with Gasteiger partial charge in [-0.25, -0.2) is 0 Å². The Morgan fingerprint density at radius 3 is 2.70 bits per heavy atom. The van der Waals surface area contributed by atoms with E-state index in [-0.39, 0.29) is 0 Å². The number of rotatable bonds is 5. The smallest absolute Gasteiger partial charge is 0.120 e. The molecule has 0 atom stereocenters. The highest BCUT2D eigenvalue weighted by Gasteiger charge is 2.10. The van der Waals surface area contributed by atoms with Crippen molar-refractivity contribution >= 4 is 27.3 Å². The highest BCUT2D eigenvalue weighted by molar-refractivity contribution is 9.10. The average Bonchev–Trinajstić information content (AvgIpc) is 2.47. The predicted molar refractivity (Wildman–Crippen MR) is 88.0 cm³/mol. The topological polar surface area (TPSA) is 24.5 Å². The van der Waals surface area contributed by atoms with E-state index in [9.17, 15) is 0 Å². The van der Waals surface area contributed by atoms with Gasteiger partial charge in [0.2, 0.25) is 0 Å². The maximum absolute atomic E-state index is 5.29. The third-order valence-corrected chi connectivity index (χ3v) is 3.70. The van der Waals surface area contributed by atoms with Crippen molar-refractivity contribution in [3.63, 3.8) is 0 Å². The summed E-state index contributed by atoms with van der Waals surface area (Å²) in [4.78, 5) is 2.17. The van der Waals surface area contributed by atoms with Crippen molar-refractivity contribution in [2.24, 2.45) is 0 Å². The molecule has 0 saturated carbocycles. The SMILES string of the molecule is CNCc1cc(Br)ccc1N(C)c1cccc(OC)c1. The van der Waals surface area contributed by atoms with Crippen LogP contribution in [-0.2, 0) is 6.54 Å². The molecule has 2 aromatic rings. The highest BCUT2D eigenvalue weighted by Crippen LogP contribution is 2.31. The van der Waals surface area contributed by atoms with E-state index in [1.165, 1.54) is 11.3 Å². The highest BCUT2D eigenvalue weighted by atomic mass is 79.9.